The quantitative estimate of drug-likeness (QED) is 0.805. The van der Waals surface area contributed by atoms with E-state index in [2.05, 4.69) is 5.32 Å². The molecule has 2 rings (SSSR count). The molecule has 0 fully saturated rings. The van der Waals surface area contributed by atoms with Crippen LogP contribution in [0, 0.1) is 5.92 Å². The third-order valence-electron chi connectivity index (χ3n) is 3.47. The molecule has 0 unspecified atom stereocenters. The van der Waals surface area contributed by atoms with Crippen molar-refractivity contribution in [3.8, 4) is 5.75 Å². The second-order valence-electron chi connectivity index (χ2n) is 5.34. The molecule has 20 heavy (non-hydrogen) atoms. The predicted octanol–water partition coefficient (Wildman–Crippen LogP) is 1.77. The van der Waals surface area contributed by atoms with E-state index in [0.717, 1.165) is 24.3 Å². The van der Waals surface area contributed by atoms with Gasteiger partial charge in [-0.25, -0.2) is 0 Å². The fourth-order valence-corrected chi connectivity index (χ4v) is 2.14. The molecule has 0 saturated carbocycles. The summed E-state index contributed by atoms with van der Waals surface area (Å²) in [5.74, 6) is 0.954. The second kappa shape index (κ2) is 6.57. The van der Waals surface area contributed by atoms with Crippen LogP contribution in [0.25, 0.3) is 6.08 Å². The van der Waals surface area contributed by atoms with Crippen molar-refractivity contribution in [2.45, 2.75) is 26.3 Å². The number of ether oxygens (including phenoxy) is 1. The number of hydrogen-bond donors (Lipinski definition) is 2. The van der Waals surface area contributed by atoms with Crippen LogP contribution in [-0.4, -0.2) is 30.3 Å². The Bertz CT molecular complexity index is 508. The number of rotatable bonds is 5. The van der Waals surface area contributed by atoms with Crippen molar-refractivity contribution >= 4 is 12.0 Å². The van der Waals surface area contributed by atoms with E-state index in [0.29, 0.717) is 0 Å². The standard InChI is InChI=1S/C16H21NO3/c1-11(2)14(10-18)17-16(19)6-4-12-3-5-15-13(9-12)7-8-20-15/h3-6,9,11,14,18H,7-8,10H2,1-2H3,(H,17,19)/t14-/m1/s1. The number of nitrogens with one attached hydrogen (secondary N) is 1. The molecular formula is C16H21NO3. The fraction of sp³-hybridized carbons (Fsp3) is 0.438. The summed E-state index contributed by atoms with van der Waals surface area (Å²) < 4.78 is 5.44. The van der Waals surface area contributed by atoms with Gasteiger partial charge in [-0.15, -0.1) is 0 Å². The van der Waals surface area contributed by atoms with Gasteiger partial charge in [0.1, 0.15) is 5.75 Å². The lowest BCUT2D eigenvalue weighted by molar-refractivity contribution is -0.117. The Morgan fingerprint density at radius 3 is 3.00 bits per heavy atom. The topological polar surface area (TPSA) is 58.6 Å². The lowest BCUT2D eigenvalue weighted by atomic mass is 10.1. The number of fused-ring (bicyclic) bond motifs is 1. The molecule has 1 amide bonds. The number of carbonyl (C=O) groups excluding carboxylic acids is 1. The van der Waals surface area contributed by atoms with Crippen LogP contribution >= 0.6 is 0 Å². The average Bonchev–Trinajstić information content (AvgIpc) is 2.89. The number of hydrogen-bond acceptors (Lipinski definition) is 3. The highest BCUT2D eigenvalue weighted by Crippen LogP contribution is 2.26. The average molecular weight is 275 g/mol. The Hall–Kier alpha value is -1.81. The Morgan fingerprint density at radius 1 is 1.50 bits per heavy atom. The van der Waals surface area contributed by atoms with Gasteiger partial charge in [-0.1, -0.05) is 19.9 Å². The first kappa shape index (κ1) is 14.6. The first-order chi connectivity index (χ1) is 9.60. The molecule has 0 radical (unpaired) electrons. The summed E-state index contributed by atoms with van der Waals surface area (Å²) in [5, 5.41) is 12.0. The van der Waals surface area contributed by atoms with Crippen LogP contribution in [0.2, 0.25) is 0 Å². The van der Waals surface area contributed by atoms with Gasteiger partial charge in [-0.3, -0.25) is 4.79 Å². The highest BCUT2D eigenvalue weighted by molar-refractivity contribution is 5.92. The summed E-state index contributed by atoms with van der Waals surface area (Å²) in [5.41, 5.74) is 2.16. The molecule has 1 atom stereocenters. The zero-order chi connectivity index (χ0) is 14.5. The Morgan fingerprint density at radius 2 is 2.30 bits per heavy atom. The first-order valence-corrected chi connectivity index (χ1v) is 6.95. The van der Waals surface area contributed by atoms with Gasteiger partial charge in [0.2, 0.25) is 5.91 Å². The van der Waals surface area contributed by atoms with Crippen molar-refractivity contribution in [2.24, 2.45) is 5.92 Å². The van der Waals surface area contributed by atoms with Crippen molar-refractivity contribution in [2.75, 3.05) is 13.2 Å². The van der Waals surface area contributed by atoms with Crippen LogP contribution in [0.15, 0.2) is 24.3 Å². The molecule has 0 aliphatic carbocycles. The molecule has 0 saturated heterocycles. The molecule has 108 valence electrons. The van der Waals surface area contributed by atoms with Crippen LogP contribution < -0.4 is 10.1 Å². The first-order valence-electron chi connectivity index (χ1n) is 6.95. The van der Waals surface area contributed by atoms with Crippen molar-refractivity contribution in [3.63, 3.8) is 0 Å². The monoisotopic (exact) mass is 275 g/mol. The molecule has 1 aliphatic heterocycles. The van der Waals surface area contributed by atoms with E-state index >= 15 is 0 Å². The summed E-state index contributed by atoms with van der Waals surface area (Å²) in [7, 11) is 0. The number of carbonyl (C=O) groups is 1. The van der Waals surface area contributed by atoms with Gasteiger partial charge in [-0.05, 0) is 35.3 Å². The van der Waals surface area contributed by atoms with Crippen LogP contribution in [0.5, 0.6) is 5.75 Å². The van der Waals surface area contributed by atoms with Crippen molar-refractivity contribution < 1.29 is 14.6 Å². The van der Waals surface area contributed by atoms with Gasteiger partial charge >= 0.3 is 0 Å². The minimum Gasteiger partial charge on any atom is -0.493 e. The van der Waals surface area contributed by atoms with E-state index in [-0.39, 0.29) is 24.5 Å². The highest BCUT2D eigenvalue weighted by Gasteiger charge is 2.14. The molecule has 4 heteroatoms. The highest BCUT2D eigenvalue weighted by atomic mass is 16.5. The zero-order valence-corrected chi connectivity index (χ0v) is 11.9. The van der Waals surface area contributed by atoms with E-state index in [1.54, 1.807) is 6.08 Å². The van der Waals surface area contributed by atoms with E-state index < -0.39 is 0 Å². The number of aliphatic hydroxyl groups is 1. The smallest absolute Gasteiger partial charge is 0.244 e. The lowest BCUT2D eigenvalue weighted by Crippen LogP contribution is -2.40. The maximum Gasteiger partial charge on any atom is 0.244 e. The van der Waals surface area contributed by atoms with E-state index in [1.807, 2.05) is 32.0 Å². The van der Waals surface area contributed by atoms with E-state index in [1.165, 1.54) is 11.6 Å². The second-order valence-corrected chi connectivity index (χ2v) is 5.34. The zero-order valence-electron chi connectivity index (χ0n) is 11.9. The molecule has 1 heterocycles. The minimum absolute atomic E-state index is 0.0482. The van der Waals surface area contributed by atoms with Crippen LogP contribution in [0.3, 0.4) is 0 Å². The van der Waals surface area contributed by atoms with Crippen LogP contribution in [0.1, 0.15) is 25.0 Å². The van der Waals surface area contributed by atoms with Crippen LogP contribution in [0.4, 0.5) is 0 Å². The summed E-state index contributed by atoms with van der Waals surface area (Å²) in [6, 6.07) is 5.70. The van der Waals surface area contributed by atoms with Crippen molar-refractivity contribution in [1.29, 1.82) is 0 Å². The third kappa shape index (κ3) is 3.61. The molecule has 0 aromatic heterocycles. The molecule has 0 bridgehead atoms. The van der Waals surface area contributed by atoms with E-state index in [4.69, 9.17) is 4.74 Å². The maximum absolute atomic E-state index is 11.8. The van der Waals surface area contributed by atoms with Gasteiger partial charge in [0, 0.05) is 12.5 Å². The summed E-state index contributed by atoms with van der Waals surface area (Å²) in [6.45, 7) is 4.61. The Kier molecular flexibility index (Phi) is 4.79. The van der Waals surface area contributed by atoms with Gasteiger partial charge in [-0.2, -0.15) is 0 Å². The van der Waals surface area contributed by atoms with Gasteiger partial charge in [0.25, 0.3) is 0 Å². The Labute approximate surface area is 119 Å². The van der Waals surface area contributed by atoms with Crippen LogP contribution in [-0.2, 0) is 11.2 Å². The molecule has 0 spiro atoms. The predicted molar refractivity (Wildman–Crippen MR) is 78.5 cm³/mol. The summed E-state index contributed by atoms with van der Waals surface area (Å²) in [6.07, 6.45) is 4.20. The van der Waals surface area contributed by atoms with Gasteiger partial charge in [0.15, 0.2) is 0 Å². The molecule has 2 N–H and O–H groups in total. The minimum atomic E-state index is -0.208. The fourth-order valence-electron chi connectivity index (χ4n) is 2.14. The van der Waals surface area contributed by atoms with Crippen molar-refractivity contribution in [1.82, 2.24) is 5.32 Å². The normalized spacial score (nSPS) is 15.2. The lowest BCUT2D eigenvalue weighted by Gasteiger charge is -2.18. The maximum atomic E-state index is 11.8. The Balaban J connectivity index is 1.97. The number of benzene rings is 1. The van der Waals surface area contributed by atoms with Gasteiger partial charge in [0.05, 0.1) is 19.3 Å². The van der Waals surface area contributed by atoms with E-state index in [9.17, 15) is 9.90 Å². The van der Waals surface area contributed by atoms with Gasteiger partial charge < -0.3 is 15.2 Å². The molecule has 1 aromatic rings. The largest absolute Gasteiger partial charge is 0.493 e. The van der Waals surface area contributed by atoms with Crippen molar-refractivity contribution in [3.05, 3.63) is 35.4 Å². The third-order valence-corrected chi connectivity index (χ3v) is 3.47. The molecule has 1 aromatic carbocycles. The summed E-state index contributed by atoms with van der Waals surface area (Å²) >= 11 is 0. The summed E-state index contributed by atoms with van der Waals surface area (Å²) in [4.78, 5) is 11.8. The molecule has 1 aliphatic rings. The molecular weight excluding hydrogens is 254 g/mol. The number of aliphatic hydroxyl groups excluding tert-OH is 1. The molecule has 4 nitrogen and oxygen atoms in total. The SMILES string of the molecule is CC(C)[C@@H](CO)NC(=O)C=Cc1ccc2c(c1)CCO2. The number of amides is 1.